The number of hydrogen-bond acceptors (Lipinski definition) is 6. The van der Waals surface area contributed by atoms with Gasteiger partial charge in [-0.1, -0.05) is 23.9 Å². The number of thioether (sulfide) groups is 1. The van der Waals surface area contributed by atoms with Crippen LogP contribution in [0.4, 0.5) is 4.39 Å². The average molecular weight is 456 g/mol. The van der Waals surface area contributed by atoms with Crippen molar-refractivity contribution in [3.8, 4) is 0 Å². The van der Waals surface area contributed by atoms with Crippen LogP contribution in [0.25, 0.3) is 11.0 Å². The number of rotatable bonds is 7. The zero-order chi connectivity index (χ0) is 22.4. The van der Waals surface area contributed by atoms with Crippen molar-refractivity contribution in [3.05, 3.63) is 62.3 Å². The molecule has 5 rings (SSSR count). The fourth-order valence-corrected chi connectivity index (χ4v) is 4.64. The van der Waals surface area contributed by atoms with Gasteiger partial charge >= 0.3 is 5.69 Å². The Balaban J connectivity index is 1.43. The molecule has 0 radical (unpaired) electrons. The summed E-state index contributed by atoms with van der Waals surface area (Å²) in [6, 6.07) is 6.16. The standard InChI is InChI=1S/C22H22FN5O3S/c1-27(10-12-3-2-4-14(23)9-12)16(29)11-32-21-17-19(24-18(25-21)13-5-6-13)28(15-7-8-15)22(31)26-20(17)30/h2-4,9,13,15H,5-8,10-11H2,1H3,(H,26,30,31). The highest BCUT2D eigenvalue weighted by Gasteiger charge is 2.32. The number of benzene rings is 1. The second kappa shape index (κ2) is 8.16. The van der Waals surface area contributed by atoms with Gasteiger partial charge in [-0.3, -0.25) is 19.1 Å². The summed E-state index contributed by atoms with van der Waals surface area (Å²) in [7, 11) is 1.65. The smallest absolute Gasteiger partial charge is 0.330 e. The van der Waals surface area contributed by atoms with E-state index in [1.807, 2.05) is 0 Å². The molecule has 0 saturated heterocycles. The summed E-state index contributed by atoms with van der Waals surface area (Å²) >= 11 is 1.17. The third-order valence-corrected chi connectivity index (χ3v) is 6.65. The third kappa shape index (κ3) is 4.19. The number of nitrogens with one attached hydrogen (secondary N) is 1. The van der Waals surface area contributed by atoms with E-state index >= 15 is 0 Å². The van der Waals surface area contributed by atoms with Gasteiger partial charge in [0.25, 0.3) is 5.56 Å². The quantitative estimate of drug-likeness (QED) is 0.434. The number of amides is 1. The highest BCUT2D eigenvalue weighted by atomic mass is 32.2. The molecule has 10 heteroatoms. The van der Waals surface area contributed by atoms with Crippen LogP contribution >= 0.6 is 11.8 Å². The van der Waals surface area contributed by atoms with Gasteiger partial charge in [-0.2, -0.15) is 0 Å². The van der Waals surface area contributed by atoms with E-state index in [9.17, 15) is 18.8 Å². The van der Waals surface area contributed by atoms with Crippen LogP contribution in [-0.4, -0.2) is 43.1 Å². The van der Waals surface area contributed by atoms with Gasteiger partial charge in [0.1, 0.15) is 22.1 Å². The highest BCUT2D eigenvalue weighted by molar-refractivity contribution is 8.00. The predicted octanol–water partition coefficient (Wildman–Crippen LogP) is 2.58. The second-order valence-corrected chi connectivity index (χ2v) is 9.35. The Morgan fingerprint density at radius 1 is 1.25 bits per heavy atom. The van der Waals surface area contributed by atoms with Crippen LogP contribution in [-0.2, 0) is 11.3 Å². The molecule has 32 heavy (non-hydrogen) atoms. The number of fused-ring (bicyclic) bond motifs is 1. The summed E-state index contributed by atoms with van der Waals surface area (Å²) in [5, 5.41) is 0.673. The minimum atomic E-state index is -0.535. The molecule has 0 aliphatic heterocycles. The van der Waals surface area contributed by atoms with E-state index in [0.717, 1.165) is 25.7 Å². The molecule has 0 spiro atoms. The maximum atomic E-state index is 13.4. The zero-order valence-corrected chi connectivity index (χ0v) is 18.3. The zero-order valence-electron chi connectivity index (χ0n) is 17.5. The average Bonchev–Trinajstić information content (AvgIpc) is 3.65. The molecule has 3 aromatic rings. The van der Waals surface area contributed by atoms with E-state index in [1.54, 1.807) is 23.7 Å². The lowest BCUT2D eigenvalue weighted by molar-refractivity contribution is -0.127. The maximum Gasteiger partial charge on any atom is 0.330 e. The Labute approximate surface area is 186 Å². The van der Waals surface area contributed by atoms with Gasteiger partial charge in [-0.05, 0) is 43.4 Å². The minimum Gasteiger partial charge on any atom is -0.341 e. The van der Waals surface area contributed by atoms with E-state index in [-0.39, 0.29) is 41.4 Å². The SMILES string of the molecule is CN(Cc1cccc(F)c1)C(=O)CSc1nc(C2CC2)nc2c1c(=O)[nH]c(=O)n2C1CC1. The van der Waals surface area contributed by atoms with Crippen molar-refractivity contribution in [2.75, 3.05) is 12.8 Å². The molecule has 2 aliphatic rings. The molecule has 0 atom stereocenters. The maximum absolute atomic E-state index is 13.4. The lowest BCUT2D eigenvalue weighted by atomic mass is 10.2. The molecule has 0 bridgehead atoms. The first-order chi connectivity index (χ1) is 15.4. The molecule has 2 aliphatic carbocycles. The Kier molecular flexibility index (Phi) is 5.32. The molecule has 2 heterocycles. The normalized spacial score (nSPS) is 15.8. The van der Waals surface area contributed by atoms with E-state index in [4.69, 9.17) is 0 Å². The van der Waals surface area contributed by atoms with Crippen LogP contribution in [0.3, 0.4) is 0 Å². The molecule has 2 aromatic heterocycles. The van der Waals surface area contributed by atoms with Gasteiger partial charge in [-0.15, -0.1) is 0 Å². The summed E-state index contributed by atoms with van der Waals surface area (Å²) in [5.74, 6) is 0.390. The molecule has 1 N–H and O–H groups in total. The predicted molar refractivity (Wildman–Crippen MR) is 118 cm³/mol. The number of H-pyrrole nitrogens is 1. The summed E-state index contributed by atoms with van der Waals surface area (Å²) in [4.78, 5) is 50.9. The van der Waals surface area contributed by atoms with Crippen LogP contribution in [0.15, 0.2) is 38.9 Å². The van der Waals surface area contributed by atoms with Crippen molar-refractivity contribution in [3.63, 3.8) is 0 Å². The number of carbonyl (C=O) groups is 1. The Bertz CT molecular complexity index is 1330. The second-order valence-electron chi connectivity index (χ2n) is 8.39. The summed E-state index contributed by atoms with van der Waals surface area (Å²) in [6.45, 7) is 0.275. The number of aromatic nitrogens is 4. The molecule has 0 unspecified atom stereocenters. The van der Waals surface area contributed by atoms with Gasteiger partial charge in [0.15, 0.2) is 5.65 Å². The van der Waals surface area contributed by atoms with Crippen molar-refractivity contribution in [1.82, 2.24) is 24.4 Å². The molecule has 8 nitrogen and oxygen atoms in total. The Hall–Kier alpha value is -3.01. The molecule has 1 aromatic carbocycles. The lowest BCUT2D eigenvalue weighted by Gasteiger charge is -2.17. The van der Waals surface area contributed by atoms with E-state index < -0.39 is 11.2 Å². The van der Waals surface area contributed by atoms with E-state index in [1.165, 1.54) is 28.8 Å². The fourth-order valence-electron chi connectivity index (χ4n) is 3.67. The molecule has 2 fully saturated rings. The van der Waals surface area contributed by atoms with Gasteiger partial charge in [0.05, 0.1) is 5.75 Å². The van der Waals surface area contributed by atoms with Gasteiger partial charge in [-0.25, -0.2) is 19.2 Å². The van der Waals surface area contributed by atoms with Crippen LogP contribution < -0.4 is 11.2 Å². The van der Waals surface area contributed by atoms with Crippen molar-refractivity contribution in [1.29, 1.82) is 0 Å². The van der Waals surface area contributed by atoms with E-state index in [2.05, 4.69) is 15.0 Å². The van der Waals surface area contributed by atoms with Crippen LogP contribution in [0, 0.1) is 5.82 Å². The van der Waals surface area contributed by atoms with Gasteiger partial charge in [0.2, 0.25) is 5.91 Å². The van der Waals surface area contributed by atoms with Crippen LogP contribution in [0.1, 0.15) is 49.0 Å². The first kappa shape index (κ1) is 20.9. The Morgan fingerprint density at radius 2 is 2.03 bits per heavy atom. The molecule has 166 valence electrons. The largest absolute Gasteiger partial charge is 0.341 e. The number of halogens is 1. The summed E-state index contributed by atoms with van der Waals surface area (Å²) in [5.41, 5.74) is 0.0695. The monoisotopic (exact) mass is 455 g/mol. The van der Waals surface area contributed by atoms with Gasteiger partial charge in [0, 0.05) is 25.6 Å². The minimum absolute atomic E-state index is 0.0423. The van der Waals surface area contributed by atoms with Gasteiger partial charge < -0.3 is 4.90 Å². The first-order valence-corrected chi connectivity index (χ1v) is 11.6. The molecule has 1 amide bonds. The first-order valence-electron chi connectivity index (χ1n) is 10.6. The van der Waals surface area contributed by atoms with Crippen molar-refractivity contribution >= 4 is 28.7 Å². The number of aromatic amines is 1. The van der Waals surface area contributed by atoms with E-state index in [0.29, 0.717) is 22.1 Å². The number of carbonyl (C=O) groups excluding carboxylic acids is 1. The third-order valence-electron chi connectivity index (χ3n) is 5.69. The lowest BCUT2D eigenvalue weighted by Crippen LogP contribution is -2.31. The highest BCUT2D eigenvalue weighted by Crippen LogP contribution is 2.40. The van der Waals surface area contributed by atoms with Crippen molar-refractivity contribution < 1.29 is 9.18 Å². The van der Waals surface area contributed by atoms with Crippen molar-refractivity contribution in [2.45, 2.75) is 49.2 Å². The molecule has 2 saturated carbocycles. The molecular weight excluding hydrogens is 433 g/mol. The topological polar surface area (TPSA) is 101 Å². The van der Waals surface area contributed by atoms with Crippen molar-refractivity contribution in [2.24, 2.45) is 0 Å². The number of nitrogens with zero attached hydrogens (tertiary/aromatic N) is 4. The molecular formula is C22H22FN5O3S. The Morgan fingerprint density at radius 3 is 2.72 bits per heavy atom. The fraction of sp³-hybridized carbons (Fsp3) is 0.409. The summed E-state index contributed by atoms with van der Waals surface area (Å²) < 4.78 is 15.0. The summed E-state index contributed by atoms with van der Waals surface area (Å²) in [6.07, 6.45) is 3.69. The van der Waals surface area contributed by atoms with Crippen LogP contribution in [0.5, 0.6) is 0 Å². The number of hydrogen-bond donors (Lipinski definition) is 1. The van der Waals surface area contributed by atoms with Crippen LogP contribution in [0.2, 0.25) is 0 Å².